The first kappa shape index (κ1) is 13.8. The molecule has 0 atom stereocenters. The molecule has 0 aliphatic heterocycles. The first-order valence-corrected chi connectivity index (χ1v) is 7.30. The minimum Gasteiger partial charge on any atom is -0.277 e. The highest BCUT2D eigenvalue weighted by Crippen LogP contribution is 2.23. The van der Waals surface area contributed by atoms with Gasteiger partial charge >= 0.3 is 0 Å². The molecule has 0 amide bonds. The minimum atomic E-state index is -3.81. The van der Waals surface area contributed by atoms with Gasteiger partial charge in [-0.25, -0.2) is 12.8 Å². The lowest BCUT2D eigenvalue weighted by Crippen LogP contribution is -2.15. The van der Waals surface area contributed by atoms with Gasteiger partial charge in [0.25, 0.3) is 10.0 Å². The summed E-state index contributed by atoms with van der Waals surface area (Å²) in [5.74, 6) is -0.718. The number of hydrogen-bond acceptors (Lipinski definition) is 2. The molecule has 0 saturated heterocycles. The molecule has 2 aromatic carbocycles. The van der Waals surface area contributed by atoms with Gasteiger partial charge < -0.3 is 0 Å². The van der Waals surface area contributed by atoms with Crippen molar-refractivity contribution in [3.8, 4) is 0 Å². The first-order valence-electron chi connectivity index (χ1n) is 5.43. The molecule has 0 aliphatic carbocycles. The van der Waals surface area contributed by atoms with E-state index in [1.807, 2.05) is 0 Å². The molecule has 2 rings (SSSR count). The topological polar surface area (TPSA) is 46.2 Å². The quantitative estimate of drug-likeness (QED) is 0.941. The van der Waals surface area contributed by atoms with Crippen LogP contribution in [0.1, 0.15) is 5.56 Å². The lowest BCUT2D eigenvalue weighted by molar-refractivity contribution is 0.598. The van der Waals surface area contributed by atoms with Crippen molar-refractivity contribution in [2.75, 3.05) is 4.72 Å². The van der Waals surface area contributed by atoms with Crippen molar-refractivity contribution >= 4 is 27.3 Å². The van der Waals surface area contributed by atoms with Crippen LogP contribution in [0.4, 0.5) is 10.1 Å². The Labute approximate surface area is 116 Å². The van der Waals surface area contributed by atoms with Gasteiger partial charge in [0.15, 0.2) is 0 Å². The zero-order valence-electron chi connectivity index (χ0n) is 10.0. The molecule has 0 radical (unpaired) electrons. The van der Waals surface area contributed by atoms with Gasteiger partial charge in [0.2, 0.25) is 0 Å². The summed E-state index contributed by atoms with van der Waals surface area (Å²) in [4.78, 5) is 0.115. The molecule has 0 unspecified atom stereocenters. The molecule has 6 heteroatoms. The zero-order chi connectivity index (χ0) is 14.0. The predicted molar refractivity (Wildman–Crippen MR) is 73.4 cm³/mol. The Morgan fingerprint density at radius 1 is 1.16 bits per heavy atom. The van der Waals surface area contributed by atoms with Gasteiger partial charge in [-0.3, -0.25) is 4.72 Å². The highest BCUT2D eigenvalue weighted by atomic mass is 35.5. The summed E-state index contributed by atoms with van der Waals surface area (Å²) in [7, 11) is -3.81. The molecule has 1 N–H and O–H groups in total. The third-order valence-corrected chi connectivity index (χ3v) is 4.32. The van der Waals surface area contributed by atoms with E-state index in [-0.39, 0.29) is 15.6 Å². The van der Waals surface area contributed by atoms with Crippen LogP contribution in [-0.4, -0.2) is 8.42 Å². The van der Waals surface area contributed by atoms with Crippen LogP contribution in [0.3, 0.4) is 0 Å². The van der Waals surface area contributed by atoms with E-state index in [1.165, 1.54) is 18.2 Å². The average molecular weight is 300 g/mol. The van der Waals surface area contributed by atoms with E-state index in [0.29, 0.717) is 5.56 Å². The van der Waals surface area contributed by atoms with Gasteiger partial charge in [-0.15, -0.1) is 0 Å². The molecule has 3 nitrogen and oxygen atoms in total. The molecular formula is C13H11ClFNO2S. The maximum atomic E-state index is 13.6. The number of aryl methyl sites for hydroxylation is 1. The summed E-state index contributed by atoms with van der Waals surface area (Å²) in [6, 6.07) is 10.2. The lowest BCUT2D eigenvalue weighted by atomic mass is 10.2. The monoisotopic (exact) mass is 299 g/mol. The van der Waals surface area contributed by atoms with Crippen molar-refractivity contribution in [2.45, 2.75) is 11.8 Å². The Hall–Kier alpha value is -1.59. The van der Waals surface area contributed by atoms with Crippen LogP contribution in [0.5, 0.6) is 0 Å². The fourth-order valence-corrected chi connectivity index (χ4v) is 3.10. The Kier molecular flexibility index (Phi) is 3.78. The maximum Gasteiger partial charge on any atom is 0.262 e. The van der Waals surface area contributed by atoms with Crippen LogP contribution >= 0.6 is 11.6 Å². The van der Waals surface area contributed by atoms with Gasteiger partial charge in [0.05, 0.1) is 10.6 Å². The van der Waals surface area contributed by atoms with Gasteiger partial charge in [0, 0.05) is 5.02 Å². The molecule has 0 saturated carbocycles. The molecule has 19 heavy (non-hydrogen) atoms. The number of hydrogen-bond donors (Lipinski definition) is 1. The van der Waals surface area contributed by atoms with Crippen molar-refractivity contribution < 1.29 is 12.8 Å². The molecule has 0 fully saturated rings. The Morgan fingerprint density at radius 3 is 2.47 bits per heavy atom. The summed E-state index contributed by atoms with van der Waals surface area (Å²) >= 11 is 5.61. The molecule has 0 spiro atoms. The smallest absolute Gasteiger partial charge is 0.262 e. The summed E-state index contributed by atoms with van der Waals surface area (Å²) in [5.41, 5.74) is 0.456. The second-order valence-corrected chi connectivity index (χ2v) is 6.08. The number of benzene rings is 2. The van der Waals surface area contributed by atoms with Crippen molar-refractivity contribution in [3.63, 3.8) is 0 Å². The largest absolute Gasteiger partial charge is 0.277 e. The maximum absolute atomic E-state index is 13.6. The molecule has 0 aromatic heterocycles. The highest BCUT2D eigenvalue weighted by molar-refractivity contribution is 7.92. The standard InChI is InChI=1S/C13H11ClFNO2S/c1-9-4-2-3-5-13(9)19(17,18)16-12-7-6-10(14)8-11(12)15/h2-8,16H,1H3. The highest BCUT2D eigenvalue weighted by Gasteiger charge is 2.18. The van der Waals surface area contributed by atoms with E-state index in [9.17, 15) is 12.8 Å². The molecular weight excluding hydrogens is 289 g/mol. The van der Waals surface area contributed by atoms with Crippen LogP contribution in [0.25, 0.3) is 0 Å². The van der Waals surface area contributed by atoms with Crippen LogP contribution in [0, 0.1) is 12.7 Å². The van der Waals surface area contributed by atoms with Crippen LogP contribution in [0.2, 0.25) is 5.02 Å². The average Bonchev–Trinajstić information content (AvgIpc) is 2.33. The van der Waals surface area contributed by atoms with E-state index in [4.69, 9.17) is 11.6 Å². The summed E-state index contributed by atoms with van der Waals surface area (Å²) in [5, 5.41) is 0.205. The van der Waals surface area contributed by atoms with Crippen molar-refractivity contribution in [1.29, 1.82) is 0 Å². The van der Waals surface area contributed by atoms with E-state index in [0.717, 1.165) is 6.07 Å². The zero-order valence-corrected chi connectivity index (χ0v) is 11.6. The predicted octanol–water partition coefficient (Wildman–Crippen LogP) is 3.59. The van der Waals surface area contributed by atoms with E-state index >= 15 is 0 Å². The third kappa shape index (κ3) is 3.05. The molecule has 0 heterocycles. The van der Waals surface area contributed by atoms with E-state index < -0.39 is 15.8 Å². The SMILES string of the molecule is Cc1ccccc1S(=O)(=O)Nc1ccc(Cl)cc1F. The Balaban J connectivity index is 2.40. The third-order valence-electron chi connectivity index (χ3n) is 2.56. The summed E-state index contributed by atoms with van der Waals surface area (Å²) in [6.07, 6.45) is 0. The molecule has 2 aromatic rings. The second-order valence-electron chi connectivity index (χ2n) is 4.00. The van der Waals surface area contributed by atoms with Crippen molar-refractivity contribution in [2.24, 2.45) is 0 Å². The fraction of sp³-hybridized carbons (Fsp3) is 0.0769. The minimum absolute atomic E-state index is 0.115. The number of rotatable bonds is 3. The van der Waals surface area contributed by atoms with Crippen LogP contribution in [0.15, 0.2) is 47.4 Å². The second kappa shape index (κ2) is 5.19. The number of sulfonamides is 1. The van der Waals surface area contributed by atoms with Crippen molar-refractivity contribution in [3.05, 3.63) is 58.9 Å². The normalized spacial score (nSPS) is 11.3. The molecule has 0 aliphatic rings. The number of halogens is 2. The number of nitrogens with one attached hydrogen (secondary N) is 1. The first-order chi connectivity index (χ1) is 8.90. The Morgan fingerprint density at radius 2 is 1.84 bits per heavy atom. The Bertz CT molecular complexity index is 716. The molecule has 100 valence electrons. The summed E-state index contributed by atoms with van der Waals surface area (Å²) in [6.45, 7) is 1.67. The van der Waals surface area contributed by atoms with Crippen LogP contribution in [-0.2, 0) is 10.0 Å². The van der Waals surface area contributed by atoms with Gasteiger partial charge in [-0.05, 0) is 36.8 Å². The van der Waals surface area contributed by atoms with Crippen molar-refractivity contribution in [1.82, 2.24) is 0 Å². The van der Waals surface area contributed by atoms with E-state index in [2.05, 4.69) is 4.72 Å². The van der Waals surface area contributed by atoms with Gasteiger partial charge in [0.1, 0.15) is 5.82 Å². The fourth-order valence-electron chi connectivity index (χ4n) is 1.63. The van der Waals surface area contributed by atoms with Crippen LogP contribution < -0.4 is 4.72 Å². The number of anilines is 1. The van der Waals surface area contributed by atoms with E-state index in [1.54, 1.807) is 25.1 Å². The lowest BCUT2D eigenvalue weighted by Gasteiger charge is -2.10. The van der Waals surface area contributed by atoms with Gasteiger partial charge in [-0.1, -0.05) is 29.8 Å². The summed E-state index contributed by atoms with van der Waals surface area (Å²) < 4.78 is 40.1. The molecule has 0 bridgehead atoms. The van der Waals surface area contributed by atoms with Gasteiger partial charge in [-0.2, -0.15) is 0 Å².